The molecule has 0 saturated heterocycles. The molecule has 0 aromatic carbocycles. The SMILES string of the molecule is CNC(C)(CO)CN(C)CCOC. The predicted molar refractivity (Wildman–Crippen MR) is 53.9 cm³/mol. The van der Waals surface area contributed by atoms with Crippen LogP contribution in [0.5, 0.6) is 0 Å². The van der Waals surface area contributed by atoms with Gasteiger partial charge in [-0.3, -0.25) is 0 Å². The standard InChI is InChI=1S/C9H22N2O2/c1-9(8-12,10-2)7-11(3)5-6-13-4/h10,12H,5-8H2,1-4H3. The van der Waals surface area contributed by atoms with Gasteiger partial charge < -0.3 is 20.1 Å². The van der Waals surface area contributed by atoms with E-state index in [4.69, 9.17) is 9.84 Å². The van der Waals surface area contributed by atoms with Crippen molar-refractivity contribution in [3.05, 3.63) is 0 Å². The summed E-state index contributed by atoms with van der Waals surface area (Å²) in [5.41, 5.74) is -0.220. The van der Waals surface area contributed by atoms with Gasteiger partial charge in [-0.1, -0.05) is 0 Å². The molecule has 0 radical (unpaired) electrons. The van der Waals surface area contributed by atoms with E-state index in [-0.39, 0.29) is 12.1 Å². The van der Waals surface area contributed by atoms with Crippen LogP contribution in [0.25, 0.3) is 0 Å². The lowest BCUT2D eigenvalue weighted by atomic mass is 10.0. The van der Waals surface area contributed by atoms with Gasteiger partial charge in [0.15, 0.2) is 0 Å². The molecule has 0 aliphatic heterocycles. The lowest BCUT2D eigenvalue weighted by molar-refractivity contribution is 0.113. The molecule has 4 nitrogen and oxygen atoms in total. The molecule has 0 spiro atoms. The highest BCUT2D eigenvalue weighted by Crippen LogP contribution is 2.03. The first-order valence-electron chi connectivity index (χ1n) is 4.55. The van der Waals surface area contributed by atoms with Crippen LogP contribution in [0.1, 0.15) is 6.92 Å². The summed E-state index contributed by atoms with van der Waals surface area (Å²) in [6.07, 6.45) is 0. The first-order chi connectivity index (χ1) is 6.08. The monoisotopic (exact) mass is 190 g/mol. The molecule has 0 aromatic heterocycles. The maximum atomic E-state index is 9.14. The summed E-state index contributed by atoms with van der Waals surface area (Å²) in [7, 11) is 5.57. The van der Waals surface area contributed by atoms with Crippen LogP contribution >= 0.6 is 0 Å². The van der Waals surface area contributed by atoms with Gasteiger partial charge in [0.2, 0.25) is 0 Å². The molecule has 0 rings (SSSR count). The van der Waals surface area contributed by atoms with Crippen molar-refractivity contribution in [3.8, 4) is 0 Å². The molecule has 0 amide bonds. The van der Waals surface area contributed by atoms with Gasteiger partial charge >= 0.3 is 0 Å². The average Bonchev–Trinajstić information content (AvgIpc) is 2.14. The number of aliphatic hydroxyl groups is 1. The van der Waals surface area contributed by atoms with Crippen molar-refractivity contribution in [2.24, 2.45) is 0 Å². The van der Waals surface area contributed by atoms with Gasteiger partial charge in [-0.2, -0.15) is 0 Å². The normalized spacial score (nSPS) is 16.2. The number of methoxy groups -OCH3 is 1. The predicted octanol–water partition coefficient (Wildman–Crippen LogP) is -0.465. The van der Waals surface area contributed by atoms with E-state index in [0.717, 1.165) is 19.7 Å². The number of rotatable bonds is 7. The minimum absolute atomic E-state index is 0.140. The second-order valence-electron chi connectivity index (χ2n) is 3.70. The number of nitrogens with one attached hydrogen (secondary N) is 1. The maximum Gasteiger partial charge on any atom is 0.0623 e. The van der Waals surface area contributed by atoms with E-state index in [9.17, 15) is 0 Å². The molecule has 0 fully saturated rings. The molecule has 0 bridgehead atoms. The molecule has 4 heteroatoms. The number of aliphatic hydroxyl groups excluding tert-OH is 1. The smallest absolute Gasteiger partial charge is 0.0623 e. The number of hydrogen-bond acceptors (Lipinski definition) is 4. The Kier molecular flexibility index (Phi) is 6.24. The van der Waals surface area contributed by atoms with E-state index in [2.05, 4.69) is 10.2 Å². The van der Waals surface area contributed by atoms with Crippen LogP contribution in [0.2, 0.25) is 0 Å². The quantitative estimate of drug-likeness (QED) is 0.570. The number of hydrogen-bond donors (Lipinski definition) is 2. The van der Waals surface area contributed by atoms with Gasteiger partial charge in [0.1, 0.15) is 0 Å². The highest BCUT2D eigenvalue weighted by atomic mass is 16.5. The molecule has 0 aliphatic rings. The summed E-state index contributed by atoms with van der Waals surface area (Å²) in [5, 5.41) is 12.2. The van der Waals surface area contributed by atoms with Gasteiger partial charge in [-0.05, 0) is 21.0 Å². The third kappa shape index (κ3) is 5.21. The molecule has 2 N–H and O–H groups in total. The molecule has 0 aromatic rings. The molecular formula is C9H22N2O2. The Bertz CT molecular complexity index is 127. The van der Waals surface area contributed by atoms with E-state index >= 15 is 0 Å². The van der Waals surface area contributed by atoms with Crippen molar-refractivity contribution < 1.29 is 9.84 Å². The Labute approximate surface area is 80.9 Å². The zero-order valence-corrected chi connectivity index (χ0v) is 9.13. The molecule has 0 aliphatic carbocycles. The summed E-state index contributed by atoms with van der Waals surface area (Å²) >= 11 is 0. The first-order valence-corrected chi connectivity index (χ1v) is 4.55. The van der Waals surface area contributed by atoms with E-state index in [0.29, 0.717) is 0 Å². The van der Waals surface area contributed by atoms with E-state index in [1.54, 1.807) is 7.11 Å². The molecule has 0 heterocycles. The van der Waals surface area contributed by atoms with Crippen molar-refractivity contribution in [2.45, 2.75) is 12.5 Å². The summed E-state index contributed by atoms with van der Waals surface area (Å²) in [6, 6.07) is 0. The van der Waals surface area contributed by atoms with Crippen molar-refractivity contribution in [3.63, 3.8) is 0 Å². The summed E-state index contributed by atoms with van der Waals surface area (Å²) < 4.78 is 4.97. The van der Waals surface area contributed by atoms with Gasteiger partial charge in [0.05, 0.1) is 18.8 Å². The maximum absolute atomic E-state index is 9.14. The fourth-order valence-electron chi connectivity index (χ4n) is 1.13. The number of nitrogens with zero attached hydrogens (tertiary/aromatic N) is 1. The van der Waals surface area contributed by atoms with Crippen LogP contribution in [0.4, 0.5) is 0 Å². The third-order valence-corrected chi connectivity index (χ3v) is 2.25. The number of likely N-dealkylation sites (N-methyl/N-ethyl adjacent to an activating group) is 2. The summed E-state index contributed by atoms with van der Waals surface area (Å²) in [6.45, 7) is 4.55. The van der Waals surface area contributed by atoms with E-state index in [1.165, 1.54) is 0 Å². The van der Waals surface area contributed by atoms with Gasteiger partial charge in [0.25, 0.3) is 0 Å². The van der Waals surface area contributed by atoms with Crippen LogP contribution in [0.15, 0.2) is 0 Å². The first kappa shape index (κ1) is 12.8. The molecule has 1 atom stereocenters. The number of ether oxygens (including phenoxy) is 1. The second-order valence-corrected chi connectivity index (χ2v) is 3.70. The fourth-order valence-corrected chi connectivity index (χ4v) is 1.13. The Morgan fingerprint density at radius 1 is 1.54 bits per heavy atom. The summed E-state index contributed by atoms with van der Waals surface area (Å²) in [4.78, 5) is 2.14. The molecular weight excluding hydrogens is 168 g/mol. The largest absolute Gasteiger partial charge is 0.394 e. The molecule has 0 saturated carbocycles. The zero-order chi connectivity index (χ0) is 10.3. The molecule has 13 heavy (non-hydrogen) atoms. The Hall–Kier alpha value is -0.160. The van der Waals surface area contributed by atoms with Crippen LogP contribution in [0, 0.1) is 0 Å². The van der Waals surface area contributed by atoms with Crippen LogP contribution in [-0.4, -0.2) is 63.1 Å². The lowest BCUT2D eigenvalue weighted by Crippen LogP contribution is -2.52. The van der Waals surface area contributed by atoms with Crippen molar-refractivity contribution >= 4 is 0 Å². The van der Waals surface area contributed by atoms with Crippen LogP contribution < -0.4 is 5.32 Å². The Balaban J connectivity index is 3.79. The van der Waals surface area contributed by atoms with Crippen molar-refractivity contribution in [2.75, 3.05) is 47.5 Å². The van der Waals surface area contributed by atoms with Gasteiger partial charge in [-0.15, -0.1) is 0 Å². The minimum Gasteiger partial charge on any atom is -0.394 e. The minimum atomic E-state index is -0.220. The van der Waals surface area contributed by atoms with Gasteiger partial charge in [-0.25, -0.2) is 0 Å². The zero-order valence-electron chi connectivity index (χ0n) is 9.13. The van der Waals surface area contributed by atoms with Gasteiger partial charge in [0, 0.05) is 20.2 Å². The van der Waals surface area contributed by atoms with Crippen LogP contribution in [-0.2, 0) is 4.74 Å². The van der Waals surface area contributed by atoms with E-state index < -0.39 is 0 Å². The Morgan fingerprint density at radius 2 is 2.15 bits per heavy atom. The topological polar surface area (TPSA) is 44.7 Å². The van der Waals surface area contributed by atoms with Crippen LogP contribution in [0.3, 0.4) is 0 Å². The average molecular weight is 190 g/mol. The van der Waals surface area contributed by atoms with Crippen molar-refractivity contribution in [1.82, 2.24) is 10.2 Å². The second kappa shape index (κ2) is 6.32. The highest BCUT2D eigenvalue weighted by Gasteiger charge is 2.22. The fraction of sp³-hybridized carbons (Fsp3) is 1.00. The van der Waals surface area contributed by atoms with Crippen molar-refractivity contribution in [1.29, 1.82) is 0 Å². The highest BCUT2D eigenvalue weighted by molar-refractivity contribution is 4.83. The van der Waals surface area contributed by atoms with E-state index in [1.807, 2.05) is 21.0 Å². The third-order valence-electron chi connectivity index (χ3n) is 2.25. The lowest BCUT2D eigenvalue weighted by Gasteiger charge is -2.31. The summed E-state index contributed by atoms with van der Waals surface area (Å²) in [5.74, 6) is 0. The Morgan fingerprint density at radius 3 is 2.54 bits per heavy atom. The molecule has 80 valence electrons. The molecule has 1 unspecified atom stereocenters.